The van der Waals surface area contributed by atoms with Crippen molar-refractivity contribution in [3.05, 3.63) is 140 Å². The van der Waals surface area contributed by atoms with Gasteiger partial charge < -0.3 is 38.6 Å². The number of carboxylic acids is 1. The molecule has 6 rings (SSSR count). The molecule has 12 nitrogen and oxygen atoms in total. The lowest BCUT2D eigenvalue weighted by molar-refractivity contribution is -0.141. The van der Waals surface area contributed by atoms with Crippen LogP contribution in [0.3, 0.4) is 0 Å². The molecule has 0 aromatic heterocycles. The summed E-state index contributed by atoms with van der Waals surface area (Å²) in [6.45, 7) is 1.43. The van der Waals surface area contributed by atoms with E-state index < -0.39 is 5.97 Å². The number of alkyl halides is 1. The Balaban J connectivity index is 0.000000256. The van der Waals surface area contributed by atoms with Crippen molar-refractivity contribution in [1.29, 1.82) is 0 Å². The van der Waals surface area contributed by atoms with E-state index in [4.69, 9.17) is 24.4 Å². The van der Waals surface area contributed by atoms with Crippen molar-refractivity contribution in [3.63, 3.8) is 0 Å². The standard InChI is InChI=1S/C11H11IO3.C11H12O3.C10H10O3.C6H5IO.C5H7BrO2/c1-14-11(13)7-4-8-15-10-6-3-2-5-9(10)12;1-13-11(12)6-8-7-14-10-5-3-2-4-9(8)10;11-10(12)5-7-6-13-9-4-2-1-3-8(7)9;7-5-3-1-2-4-6(5)8;1-8-5(7)3-2-4-6/h2-7H,8H2,1H3;2-5,8H,6-7H2,1H3;1-4,7H,5-6H2,(H,11,12);1-4,8H;2-3H,4H2,1H3/b7-4+;;;;3-2+. The van der Waals surface area contributed by atoms with Gasteiger partial charge >= 0.3 is 23.9 Å². The number of aromatic hydroxyl groups is 1. The number of carboxylic acid groups (broad SMARTS) is 1. The Hall–Kier alpha value is -4.62. The van der Waals surface area contributed by atoms with Crippen LogP contribution < -0.4 is 14.2 Å². The summed E-state index contributed by atoms with van der Waals surface area (Å²) in [5.41, 5.74) is 2.13. The summed E-state index contributed by atoms with van der Waals surface area (Å²) in [5.74, 6) is 1.41. The lowest BCUT2D eigenvalue weighted by atomic mass is 9.98. The third kappa shape index (κ3) is 19.2. The first-order valence-corrected chi connectivity index (χ1v) is 20.8. The third-order valence-corrected chi connectivity index (χ3v) is 9.86. The summed E-state index contributed by atoms with van der Waals surface area (Å²) in [4.78, 5) is 42.6. The minimum Gasteiger partial charge on any atom is -0.507 e. The van der Waals surface area contributed by atoms with E-state index >= 15 is 0 Å². The van der Waals surface area contributed by atoms with Crippen LogP contribution in [-0.2, 0) is 33.4 Å². The average Bonchev–Trinajstić information content (AvgIpc) is 3.84. The van der Waals surface area contributed by atoms with Crippen molar-refractivity contribution < 1.29 is 57.8 Å². The van der Waals surface area contributed by atoms with Crippen LogP contribution >= 0.6 is 61.1 Å². The zero-order valence-corrected chi connectivity index (χ0v) is 38.0. The van der Waals surface area contributed by atoms with Gasteiger partial charge in [0.05, 0.1) is 54.5 Å². The highest BCUT2D eigenvalue weighted by Crippen LogP contribution is 2.36. The number of phenols is 1. The molecule has 4 aromatic rings. The molecular weight excluding hydrogens is 1040 g/mol. The monoisotopic (exact) mass is 1090 g/mol. The zero-order chi connectivity index (χ0) is 42.7. The van der Waals surface area contributed by atoms with Crippen molar-refractivity contribution >= 4 is 85.0 Å². The molecule has 0 spiro atoms. The lowest BCUT2D eigenvalue weighted by Gasteiger charge is -2.05. The normalized spacial score (nSPS) is 14.0. The van der Waals surface area contributed by atoms with Gasteiger partial charge in [-0.05, 0) is 87.7 Å². The number of hydrogen-bond donors (Lipinski definition) is 2. The number of methoxy groups -OCH3 is 3. The molecule has 2 heterocycles. The van der Waals surface area contributed by atoms with Gasteiger partial charge in [-0.15, -0.1) is 0 Å². The topological polar surface area (TPSA) is 164 Å². The highest BCUT2D eigenvalue weighted by Gasteiger charge is 2.26. The second kappa shape index (κ2) is 28.7. The molecule has 2 atom stereocenters. The van der Waals surface area contributed by atoms with Gasteiger partial charge in [-0.25, -0.2) is 9.59 Å². The highest BCUT2D eigenvalue weighted by molar-refractivity contribution is 14.1. The second-order valence-electron chi connectivity index (χ2n) is 11.7. The fourth-order valence-corrected chi connectivity index (χ4v) is 5.98. The van der Waals surface area contributed by atoms with Crippen LogP contribution in [0.15, 0.2) is 121 Å². The largest absolute Gasteiger partial charge is 0.507 e. The molecule has 0 amide bonds. The summed E-state index contributed by atoms with van der Waals surface area (Å²) < 4.78 is 31.5. The van der Waals surface area contributed by atoms with Crippen molar-refractivity contribution in [1.82, 2.24) is 0 Å². The predicted molar refractivity (Wildman–Crippen MR) is 240 cm³/mol. The molecule has 2 aliphatic heterocycles. The second-order valence-corrected chi connectivity index (χ2v) is 14.6. The predicted octanol–water partition coefficient (Wildman–Crippen LogP) is 8.87. The smallest absolute Gasteiger partial charge is 0.330 e. The van der Waals surface area contributed by atoms with E-state index in [0.717, 1.165) is 35.5 Å². The number of aliphatic carboxylic acids is 1. The van der Waals surface area contributed by atoms with Gasteiger partial charge in [-0.1, -0.05) is 82.7 Å². The first kappa shape index (κ1) is 49.5. The van der Waals surface area contributed by atoms with Crippen LogP contribution in [0.2, 0.25) is 0 Å². The van der Waals surface area contributed by atoms with Crippen LogP contribution in [-0.4, -0.2) is 80.6 Å². The van der Waals surface area contributed by atoms with Crippen LogP contribution in [0.4, 0.5) is 0 Å². The molecule has 0 aliphatic carbocycles. The summed E-state index contributed by atoms with van der Waals surface area (Å²) in [7, 11) is 4.10. The number of esters is 3. The maximum absolute atomic E-state index is 11.1. The summed E-state index contributed by atoms with van der Waals surface area (Å²) in [6.07, 6.45) is 6.55. The van der Waals surface area contributed by atoms with Gasteiger partial charge in [-0.2, -0.15) is 0 Å². The fourth-order valence-electron chi connectivity index (χ4n) is 4.86. The Bertz CT molecular complexity index is 1930. The fraction of sp³-hybridized carbons (Fsp3) is 0.256. The SMILES string of the molecule is COC(=O)/C=C/CBr.COC(=O)/C=C/COc1ccccc1I.COC(=O)CC1COc2ccccc21.O=C(O)CC1COc2ccccc21.Oc1ccccc1I. The van der Waals surface area contributed by atoms with E-state index in [9.17, 15) is 19.2 Å². The minimum atomic E-state index is -0.773. The van der Waals surface area contributed by atoms with Gasteiger partial charge in [-0.3, -0.25) is 9.59 Å². The number of rotatable bonds is 10. The molecule has 15 heteroatoms. The Morgan fingerprint density at radius 1 is 0.690 bits per heavy atom. The van der Waals surface area contributed by atoms with Crippen LogP contribution in [0.1, 0.15) is 35.8 Å². The number of allylic oxidation sites excluding steroid dienone is 1. The number of halogens is 3. The van der Waals surface area contributed by atoms with Crippen LogP contribution in [0.25, 0.3) is 0 Å². The molecule has 0 saturated carbocycles. The molecule has 4 aromatic carbocycles. The number of para-hydroxylation sites is 4. The van der Waals surface area contributed by atoms with E-state index in [1.807, 2.05) is 84.9 Å². The number of hydrogen-bond acceptors (Lipinski definition) is 11. The number of carbonyl (C=O) groups excluding carboxylic acids is 3. The molecule has 0 radical (unpaired) electrons. The molecular formula is C43H45BrI2O12. The molecule has 2 aliphatic rings. The van der Waals surface area contributed by atoms with Gasteiger partial charge in [0.1, 0.15) is 29.6 Å². The van der Waals surface area contributed by atoms with E-state index in [1.54, 1.807) is 24.3 Å². The Kier molecular flexibility index (Phi) is 24.5. The number of phenolic OH excluding ortho intramolecular Hbond substituents is 1. The number of ether oxygens (including phenoxy) is 6. The van der Waals surface area contributed by atoms with E-state index in [-0.39, 0.29) is 36.2 Å². The lowest BCUT2D eigenvalue weighted by Crippen LogP contribution is -2.09. The number of fused-ring (bicyclic) bond motifs is 2. The summed E-state index contributed by atoms with van der Waals surface area (Å²) in [6, 6.07) is 30.3. The molecule has 2 N–H and O–H groups in total. The Morgan fingerprint density at radius 3 is 1.64 bits per heavy atom. The van der Waals surface area contributed by atoms with E-state index in [0.29, 0.717) is 37.3 Å². The number of benzene rings is 4. The van der Waals surface area contributed by atoms with Crippen LogP contribution in [0, 0.1) is 7.14 Å². The molecule has 0 saturated heterocycles. The van der Waals surface area contributed by atoms with Gasteiger partial charge in [0.15, 0.2) is 0 Å². The molecule has 2 unspecified atom stereocenters. The Labute approximate surface area is 373 Å². The maximum Gasteiger partial charge on any atom is 0.330 e. The Morgan fingerprint density at radius 2 is 1.17 bits per heavy atom. The van der Waals surface area contributed by atoms with Crippen molar-refractivity contribution in [2.75, 3.05) is 46.5 Å². The summed E-state index contributed by atoms with van der Waals surface area (Å²) >= 11 is 7.38. The summed E-state index contributed by atoms with van der Waals surface area (Å²) in [5, 5.41) is 18.2. The number of carbonyl (C=O) groups is 4. The minimum absolute atomic E-state index is 0.0219. The van der Waals surface area contributed by atoms with Crippen molar-refractivity contribution in [3.8, 4) is 23.0 Å². The van der Waals surface area contributed by atoms with Gasteiger partial charge in [0.25, 0.3) is 0 Å². The average molecular weight is 1090 g/mol. The van der Waals surface area contributed by atoms with Crippen molar-refractivity contribution in [2.45, 2.75) is 24.7 Å². The molecule has 0 fully saturated rings. The van der Waals surface area contributed by atoms with Gasteiger partial charge in [0.2, 0.25) is 0 Å². The maximum atomic E-state index is 11.1. The van der Waals surface area contributed by atoms with E-state index in [2.05, 4.69) is 75.3 Å². The highest BCUT2D eigenvalue weighted by atomic mass is 127. The van der Waals surface area contributed by atoms with E-state index in [1.165, 1.54) is 33.5 Å². The first-order chi connectivity index (χ1) is 27.9. The van der Waals surface area contributed by atoms with Crippen LogP contribution in [0.5, 0.6) is 23.0 Å². The third-order valence-electron chi connectivity index (χ3n) is 7.68. The quantitative estimate of drug-likeness (QED) is 0.0511. The van der Waals surface area contributed by atoms with Crippen molar-refractivity contribution in [2.24, 2.45) is 0 Å². The molecule has 58 heavy (non-hydrogen) atoms. The zero-order valence-electron chi connectivity index (χ0n) is 32.1. The molecule has 0 bridgehead atoms. The van der Waals surface area contributed by atoms with Gasteiger partial charge in [0, 0.05) is 40.4 Å². The first-order valence-electron chi connectivity index (χ1n) is 17.5. The molecule has 310 valence electrons.